The first kappa shape index (κ1) is 19.3. The Bertz CT molecular complexity index is 260. The van der Waals surface area contributed by atoms with Gasteiger partial charge in [0.1, 0.15) is 0 Å². The topological polar surface area (TPSA) is 52.6 Å². The predicted octanol–water partition coefficient (Wildman–Crippen LogP) is 3.19. The van der Waals surface area contributed by atoms with Crippen molar-refractivity contribution in [3.8, 4) is 0 Å². The van der Waals surface area contributed by atoms with Crippen LogP contribution in [0.4, 0.5) is 0 Å². The van der Waals surface area contributed by atoms with E-state index < -0.39 is 10.8 Å². The van der Waals surface area contributed by atoms with E-state index in [0.29, 0.717) is 19.3 Å². The van der Waals surface area contributed by atoms with Crippen LogP contribution < -0.4 is 0 Å². The number of methoxy groups -OCH3 is 2. The Morgan fingerprint density at radius 2 is 1.17 bits per heavy atom. The molecule has 0 spiro atoms. The Morgan fingerprint density at radius 3 is 1.33 bits per heavy atom. The first-order chi connectivity index (χ1) is 7.79. The second-order valence-corrected chi connectivity index (χ2v) is 4.99. The third-order valence-corrected chi connectivity index (χ3v) is 3.70. The lowest BCUT2D eigenvalue weighted by atomic mass is 9.70. The minimum atomic E-state index is -0.645. The van der Waals surface area contributed by atoms with E-state index in [0.717, 1.165) is 0 Å². The van der Waals surface area contributed by atoms with E-state index >= 15 is 0 Å². The van der Waals surface area contributed by atoms with Crippen molar-refractivity contribution in [2.24, 2.45) is 10.8 Å². The Balaban J connectivity index is 0. The highest BCUT2D eigenvalue weighted by Gasteiger charge is 2.44. The lowest BCUT2D eigenvalue weighted by molar-refractivity contribution is -0.160. The summed E-state index contributed by atoms with van der Waals surface area (Å²) in [5.74, 6) is -0.549. The molecule has 0 saturated carbocycles. The van der Waals surface area contributed by atoms with Crippen LogP contribution in [0.25, 0.3) is 0 Å². The molecule has 2 atom stereocenters. The maximum absolute atomic E-state index is 11.8. The zero-order chi connectivity index (χ0) is 13.7. The van der Waals surface area contributed by atoms with Crippen LogP contribution in [0, 0.1) is 10.8 Å². The van der Waals surface area contributed by atoms with Gasteiger partial charge < -0.3 is 9.47 Å². The Morgan fingerprint density at radius 1 is 0.889 bits per heavy atom. The molecule has 2 unspecified atom stereocenters. The summed E-state index contributed by atoms with van der Waals surface area (Å²) in [6.07, 6.45) is 1.70. The molecule has 0 aromatic carbocycles. The zero-order valence-corrected chi connectivity index (χ0v) is 11.8. The number of hydrogen-bond donors (Lipinski definition) is 0. The van der Waals surface area contributed by atoms with Crippen LogP contribution in [-0.2, 0) is 19.1 Å². The Kier molecular flexibility index (Phi) is 7.92. The van der Waals surface area contributed by atoms with Crippen LogP contribution in [0.1, 0.15) is 54.4 Å². The smallest absolute Gasteiger partial charge is 0.311 e. The van der Waals surface area contributed by atoms with Crippen molar-refractivity contribution < 1.29 is 19.1 Å². The Hall–Kier alpha value is -1.06. The van der Waals surface area contributed by atoms with Crippen molar-refractivity contribution in [1.82, 2.24) is 0 Å². The van der Waals surface area contributed by atoms with E-state index in [1.54, 1.807) is 0 Å². The van der Waals surface area contributed by atoms with Crippen molar-refractivity contribution in [2.45, 2.75) is 54.4 Å². The molecule has 4 heteroatoms. The van der Waals surface area contributed by atoms with Crippen LogP contribution in [-0.4, -0.2) is 26.2 Å². The summed E-state index contributed by atoms with van der Waals surface area (Å²) in [4.78, 5) is 23.6. The number of carbonyl (C=O) groups is 2. The molecule has 0 heterocycles. The summed E-state index contributed by atoms with van der Waals surface area (Å²) in [6, 6.07) is 0. The molecule has 0 aliphatic heterocycles. The first-order valence-electron chi connectivity index (χ1n) is 5.96. The van der Waals surface area contributed by atoms with Gasteiger partial charge in [-0.1, -0.05) is 21.3 Å². The molecule has 0 radical (unpaired) electrons. The maximum Gasteiger partial charge on any atom is 0.311 e. The third kappa shape index (κ3) is 4.00. The minimum absolute atomic E-state index is 0. The van der Waals surface area contributed by atoms with Crippen molar-refractivity contribution in [3.05, 3.63) is 0 Å². The second-order valence-electron chi connectivity index (χ2n) is 4.99. The van der Waals surface area contributed by atoms with Gasteiger partial charge in [0.05, 0.1) is 25.0 Å². The molecule has 108 valence electrons. The molecule has 0 amide bonds. The van der Waals surface area contributed by atoms with Crippen LogP contribution in [0.5, 0.6) is 0 Å². The van der Waals surface area contributed by atoms with Gasteiger partial charge in [-0.3, -0.25) is 9.59 Å². The van der Waals surface area contributed by atoms with Crippen molar-refractivity contribution in [2.75, 3.05) is 14.2 Å². The number of rotatable bonds is 6. The van der Waals surface area contributed by atoms with E-state index in [4.69, 9.17) is 9.47 Å². The van der Waals surface area contributed by atoms with Crippen molar-refractivity contribution in [1.29, 1.82) is 0 Å². The predicted molar refractivity (Wildman–Crippen MR) is 72.2 cm³/mol. The maximum atomic E-state index is 11.8. The van der Waals surface area contributed by atoms with Gasteiger partial charge in [-0.05, 0) is 33.1 Å². The highest BCUT2D eigenvalue weighted by atomic mass is 16.5. The van der Waals surface area contributed by atoms with E-state index in [1.807, 2.05) is 27.7 Å². The number of carbonyl (C=O) groups excluding carboxylic acids is 2. The number of esters is 2. The molecule has 0 aromatic rings. The molecular weight excluding hydrogens is 232 g/mol. The zero-order valence-electron chi connectivity index (χ0n) is 11.8. The standard InChI is InChI=1S/C13H24O4.CH4/c1-7-12(3,10(14)16-5)9-13(4,8-2)11(15)17-6;/h7-9H2,1-6H3;1H4. The second kappa shape index (κ2) is 7.39. The molecule has 0 aromatic heterocycles. The fraction of sp³-hybridized carbons (Fsp3) is 0.857. The Labute approximate surface area is 111 Å². The summed E-state index contributed by atoms with van der Waals surface area (Å²) >= 11 is 0. The van der Waals surface area contributed by atoms with E-state index in [-0.39, 0.29) is 19.4 Å². The highest BCUT2D eigenvalue weighted by Crippen LogP contribution is 2.40. The summed E-state index contributed by atoms with van der Waals surface area (Å²) in [7, 11) is 2.75. The van der Waals surface area contributed by atoms with Gasteiger partial charge in [-0.25, -0.2) is 0 Å². The van der Waals surface area contributed by atoms with Crippen molar-refractivity contribution in [3.63, 3.8) is 0 Å². The van der Waals surface area contributed by atoms with Gasteiger partial charge in [0.2, 0.25) is 0 Å². The van der Waals surface area contributed by atoms with Gasteiger partial charge in [0, 0.05) is 0 Å². The van der Waals surface area contributed by atoms with Gasteiger partial charge in [-0.15, -0.1) is 0 Å². The molecule has 0 aliphatic rings. The normalized spacial score (nSPS) is 16.8. The average Bonchev–Trinajstić information content (AvgIpc) is 2.35. The van der Waals surface area contributed by atoms with Crippen LogP contribution in [0.3, 0.4) is 0 Å². The van der Waals surface area contributed by atoms with E-state index in [2.05, 4.69) is 0 Å². The van der Waals surface area contributed by atoms with Gasteiger partial charge in [0.25, 0.3) is 0 Å². The molecule has 18 heavy (non-hydrogen) atoms. The van der Waals surface area contributed by atoms with Gasteiger partial charge in [-0.2, -0.15) is 0 Å². The van der Waals surface area contributed by atoms with Crippen LogP contribution in [0.15, 0.2) is 0 Å². The molecule has 0 rings (SSSR count). The number of hydrogen-bond acceptors (Lipinski definition) is 4. The van der Waals surface area contributed by atoms with E-state index in [1.165, 1.54) is 14.2 Å². The molecule has 4 nitrogen and oxygen atoms in total. The monoisotopic (exact) mass is 260 g/mol. The minimum Gasteiger partial charge on any atom is -0.469 e. The molecular formula is C14H28O4. The molecule has 0 fully saturated rings. The molecule has 0 saturated heterocycles. The SMILES string of the molecule is C.CCC(C)(CC(C)(CC)C(=O)OC)C(=O)OC. The van der Waals surface area contributed by atoms with Gasteiger partial charge in [0.15, 0.2) is 0 Å². The van der Waals surface area contributed by atoms with Crippen LogP contribution >= 0.6 is 0 Å². The summed E-state index contributed by atoms with van der Waals surface area (Å²) in [5.41, 5.74) is -1.29. The third-order valence-electron chi connectivity index (χ3n) is 3.70. The largest absolute Gasteiger partial charge is 0.469 e. The van der Waals surface area contributed by atoms with Gasteiger partial charge >= 0.3 is 11.9 Å². The van der Waals surface area contributed by atoms with Crippen molar-refractivity contribution >= 4 is 11.9 Å². The summed E-state index contributed by atoms with van der Waals surface area (Å²) < 4.78 is 9.64. The molecule has 0 aliphatic carbocycles. The summed E-state index contributed by atoms with van der Waals surface area (Å²) in [5, 5.41) is 0. The lowest BCUT2D eigenvalue weighted by Crippen LogP contribution is -2.39. The number of ether oxygens (including phenoxy) is 2. The molecule has 0 N–H and O–H groups in total. The van der Waals surface area contributed by atoms with Crippen LogP contribution in [0.2, 0.25) is 0 Å². The average molecular weight is 260 g/mol. The first-order valence-corrected chi connectivity index (χ1v) is 5.96. The summed E-state index contributed by atoms with van der Waals surface area (Å²) in [6.45, 7) is 7.50. The van der Waals surface area contributed by atoms with E-state index in [9.17, 15) is 9.59 Å². The fourth-order valence-electron chi connectivity index (χ4n) is 2.04. The fourth-order valence-corrected chi connectivity index (χ4v) is 2.04. The molecule has 0 bridgehead atoms. The quantitative estimate of drug-likeness (QED) is 0.688. The highest BCUT2D eigenvalue weighted by molar-refractivity contribution is 5.80. The lowest BCUT2D eigenvalue weighted by Gasteiger charge is -2.34.